The standard InChI is InChI=1S/C38H53N5O6S/c1-24(2)34(42-43(5)21-29-23-50-36(40-29)25(3)4)35(45)39-28(18-26-12-8-6-9-13-26)20-32(44)31(19-27-14-10-7-11-15-27)41-38(46)49-33-22-48-37-30(33)16-17-47-37/h6-15,23-25,28,30-34,37,42,44H,16-22H2,1-5H3,(H,39,45)(H,41,46)/t28-,30?,31-,32-,33-,34-,37?/m0/s1. The molecular formula is C38H53N5O6S. The molecular weight excluding hydrogens is 655 g/mol. The summed E-state index contributed by atoms with van der Waals surface area (Å²) in [5.74, 6) is 0.183. The summed E-state index contributed by atoms with van der Waals surface area (Å²) >= 11 is 1.65. The van der Waals surface area contributed by atoms with Crippen molar-refractivity contribution in [3.63, 3.8) is 0 Å². The van der Waals surface area contributed by atoms with Crippen molar-refractivity contribution in [2.75, 3.05) is 20.3 Å². The Morgan fingerprint density at radius 3 is 2.32 bits per heavy atom. The third kappa shape index (κ3) is 10.8. The lowest BCUT2D eigenvalue weighted by Crippen LogP contribution is -2.56. The van der Waals surface area contributed by atoms with Crippen LogP contribution in [0.1, 0.15) is 68.3 Å². The van der Waals surface area contributed by atoms with Gasteiger partial charge in [0.1, 0.15) is 12.1 Å². The molecule has 2 aliphatic heterocycles. The van der Waals surface area contributed by atoms with Crippen LogP contribution in [-0.4, -0.2) is 84.0 Å². The maximum absolute atomic E-state index is 14.0. The Kier molecular flexibility index (Phi) is 13.8. The molecule has 2 aliphatic rings. The summed E-state index contributed by atoms with van der Waals surface area (Å²) in [5.41, 5.74) is 6.33. The monoisotopic (exact) mass is 707 g/mol. The number of ether oxygens (including phenoxy) is 3. The number of nitrogens with one attached hydrogen (secondary N) is 3. The lowest BCUT2D eigenvalue weighted by Gasteiger charge is -2.31. The van der Waals surface area contributed by atoms with E-state index in [1.807, 2.05) is 86.6 Å². The van der Waals surface area contributed by atoms with Crippen molar-refractivity contribution in [3.05, 3.63) is 87.9 Å². The quantitative estimate of drug-likeness (QED) is 0.146. The first-order valence-corrected chi connectivity index (χ1v) is 18.6. The Morgan fingerprint density at radius 2 is 1.68 bits per heavy atom. The van der Waals surface area contributed by atoms with E-state index in [4.69, 9.17) is 19.2 Å². The van der Waals surface area contributed by atoms with Gasteiger partial charge in [0.15, 0.2) is 6.29 Å². The van der Waals surface area contributed by atoms with Gasteiger partial charge in [0.05, 0.1) is 48.5 Å². The molecule has 2 saturated heterocycles. The minimum Gasteiger partial charge on any atom is -0.443 e. The van der Waals surface area contributed by atoms with E-state index in [1.54, 1.807) is 11.3 Å². The average Bonchev–Trinajstić information content (AvgIpc) is 3.83. The number of carbonyl (C=O) groups is 2. The Hall–Kier alpha value is -3.39. The fourth-order valence-electron chi connectivity index (χ4n) is 6.56. The lowest BCUT2D eigenvalue weighted by molar-refractivity contribution is -0.126. The zero-order valence-electron chi connectivity index (χ0n) is 29.8. The fraction of sp³-hybridized carbons (Fsp3) is 0.553. The molecule has 2 amide bonds. The minimum atomic E-state index is -0.993. The third-order valence-corrected chi connectivity index (χ3v) is 10.5. The number of fused-ring (bicyclic) bond motifs is 1. The molecule has 0 radical (unpaired) electrons. The van der Waals surface area contributed by atoms with Gasteiger partial charge in [-0.3, -0.25) is 4.79 Å². The summed E-state index contributed by atoms with van der Waals surface area (Å²) in [6.45, 7) is 9.68. The number of carbonyl (C=O) groups excluding carboxylic acids is 2. The van der Waals surface area contributed by atoms with Crippen molar-refractivity contribution >= 4 is 23.3 Å². The van der Waals surface area contributed by atoms with Crippen LogP contribution in [0.15, 0.2) is 66.0 Å². The molecule has 3 aromatic rings. The number of aliphatic hydroxyl groups excluding tert-OH is 1. The Labute approximate surface area is 300 Å². The van der Waals surface area contributed by atoms with Crippen LogP contribution in [0.5, 0.6) is 0 Å². The second-order valence-corrected chi connectivity index (χ2v) is 15.0. The summed E-state index contributed by atoms with van der Waals surface area (Å²) in [6.07, 6.45) is -0.480. The fourth-order valence-corrected chi connectivity index (χ4v) is 7.38. The van der Waals surface area contributed by atoms with Crippen LogP contribution in [0.4, 0.5) is 4.79 Å². The third-order valence-electron chi connectivity index (χ3n) is 9.28. The predicted octanol–water partition coefficient (Wildman–Crippen LogP) is 4.80. The highest BCUT2D eigenvalue weighted by atomic mass is 32.1. The van der Waals surface area contributed by atoms with E-state index >= 15 is 0 Å². The van der Waals surface area contributed by atoms with Crippen LogP contribution in [-0.2, 0) is 38.4 Å². The number of nitrogens with zero attached hydrogens (tertiary/aromatic N) is 2. The highest BCUT2D eigenvalue weighted by molar-refractivity contribution is 7.09. The number of hydrogen-bond acceptors (Lipinski definition) is 10. The highest BCUT2D eigenvalue weighted by Gasteiger charge is 2.44. The number of benzene rings is 2. The second-order valence-electron chi connectivity index (χ2n) is 14.1. The smallest absolute Gasteiger partial charge is 0.407 e. The van der Waals surface area contributed by atoms with Gasteiger partial charge in [-0.25, -0.2) is 20.2 Å². The first-order valence-electron chi connectivity index (χ1n) is 17.7. The van der Waals surface area contributed by atoms with Crippen molar-refractivity contribution in [2.24, 2.45) is 11.8 Å². The number of hydrazine groups is 1. The predicted molar refractivity (Wildman–Crippen MR) is 193 cm³/mol. The molecule has 0 bridgehead atoms. The number of aromatic nitrogens is 1. The van der Waals surface area contributed by atoms with Crippen LogP contribution >= 0.6 is 11.3 Å². The SMILES string of the molecule is CC(C)c1nc(CN(C)N[C@H](C(=O)N[C@@H](Cc2ccccc2)C[C@H](O)[C@H](Cc2ccccc2)NC(=O)O[C@H]2COC3OCCC32)C(C)C)cs1. The van der Waals surface area contributed by atoms with E-state index < -0.39 is 36.4 Å². The zero-order valence-corrected chi connectivity index (χ0v) is 30.6. The van der Waals surface area contributed by atoms with Gasteiger partial charge < -0.3 is 30.0 Å². The Morgan fingerprint density at radius 1 is 1.00 bits per heavy atom. The second kappa shape index (κ2) is 18.2. The van der Waals surface area contributed by atoms with Crippen molar-refractivity contribution in [1.82, 2.24) is 26.1 Å². The van der Waals surface area contributed by atoms with Gasteiger partial charge in [-0.1, -0.05) is 88.4 Å². The van der Waals surface area contributed by atoms with Crippen LogP contribution < -0.4 is 16.1 Å². The highest BCUT2D eigenvalue weighted by Crippen LogP contribution is 2.33. The molecule has 3 heterocycles. The molecule has 2 aromatic carbocycles. The number of thiazole rings is 1. The Bertz CT molecular complexity index is 1490. The van der Waals surface area contributed by atoms with E-state index in [0.717, 1.165) is 28.2 Å². The number of hydrogen-bond donors (Lipinski definition) is 4. The number of amides is 2. The summed E-state index contributed by atoms with van der Waals surface area (Å²) in [7, 11) is 1.92. The van der Waals surface area contributed by atoms with Crippen molar-refractivity contribution in [3.8, 4) is 0 Å². The van der Waals surface area contributed by atoms with Crippen LogP contribution in [0, 0.1) is 11.8 Å². The zero-order chi connectivity index (χ0) is 35.6. The first-order chi connectivity index (χ1) is 24.0. The maximum atomic E-state index is 14.0. The number of alkyl carbamates (subject to hydrolysis) is 1. The van der Waals surface area contributed by atoms with Crippen molar-refractivity contribution in [1.29, 1.82) is 0 Å². The molecule has 50 heavy (non-hydrogen) atoms. The van der Waals surface area contributed by atoms with E-state index in [-0.39, 0.29) is 37.1 Å². The van der Waals surface area contributed by atoms with Gasteiger partial charge in [0.2, 0.25) is 5.91 Å². The number of aliphatic hydroxyl groups is 1. The van der Waals surface area contributed by atoms with Gasteiger partial charge in [0, 0.05) is 24.4 Å². The van der Waals surface area contributed by atoms with Gasteiger partial charge in [0.25, 0.3) is 0 Å². The minimum absolute atomic E-state index is 0.00397. The molecule has 0 saturated carbocycles. The van der Waals surface area contributed by atoms with Crippen molar-refractivity contribution < 1.29 is 28.9 Å². The average molecular weight is 708 g/mol. The molecule has 5 rings (SSSR count). The summed E-state index contributed by atoms with van der Waals surface area (Å²) in [5, 5.41) is 23.0. The molecule has 0 spiro atoms. The van der Waals surface area contributed by atoms with E-state index in [1.165, 1.54) is 0 Å². The van der Waals surface area contributed by atoms with Gasteiger partial charge in [-0.05, 0) is 42.7 Å². The van der Waals surface area contributed by atoms with Crippen LogP contribution in [0.3, 0.4) is 0 Å². The van der Waals surface area contributed by atoms with E-state index in [0.29, 0.717) is 31.9 Å². The molecule has 4 N–H and O–H groups in total. The lowest BCUT2D eigenvalue weighted by atomic mass is 9.93. The summed E-state index contributed by atoms with van der Waals surface area (Å²) in [6, 6.07) is 18.0. The van der Waals surface area contributed by atoms with Crippen molar-refractivity contribution in [2.45, 2.75) is 102 Å². The van der Waals surface area contributed by atoms with Gasteiger partial charge in [-0.2, -0.15) is 0 Å². The normalized spacial score (nSPS) is 21.2. The summed E-state index contributed by atoms with van der Waals surface area (Å²) in [4.78, 5) is 32.0. The van der Waals surface area contributed by atoms with Crippen LogP contribution in [0.2, 0.25) is 0 Å². The molecule has 2 fully saturated rings. The molecule has 1 aromatic heterocycles. The first kappa shape index (κ1) is 37.9. The maximum Gasteiger partial charge on any atom is 0.407 e. The van der Waals surface area contributed by atoms with E-state index in [9.17, 15) is 14.7 Å². The molecule has 7 atom stereocenters. The molecule has 12 heteroatoms. The molecule has 272 valence electrons. The van der Waals surface area contributed by atoms with Gasteiger partial charge in [-0.15, -0.1) is 11.3 Å². The molecule has 11 nitrogen and oxygen atoms in total. The topological polar surface area (TPSA) is 134 Å². The molecule has 2 unspecified atom stereocenters. The largest absolute Gasteiger partial charge is 0.443 e. The van der Waals surface area contributed by atoms with Gasteiger partial charge >= 0.3 is 6.09 Å². The Balaban J connectivity index is 1.27. The van der Waals surface area contributed by atoms with E-state index in [2.05, 4.69) is 35.3 Å². The molecule has 0 aliphatic carbocycles. The van der Waals surface area contributed by atoms with Crippen LogP contribution in [0.25, 0.3) is 0 Å². The number of rotatable bonds is 17. The summed E-state index contributed by atoms with van der Waals surface area (Å²) < 4.78 is 17.0.